The molecule has 80 valence electrons. The lowest BCUT2D eigenvalue weighted by Gasteiger charge is -2.04. The molecule has 6 nitrogen and oxygen atoms in total. The minimum Gasteiger partial charge on any atom is -0.368 e. The normalized spacial score (nSPS) is 10.0. The number of nitrogens with zero attached hydrogens (tertiary/aromatic N) is 4. The lowest BCUT2D eigenvalue weighted by molar-refractivity contribution is 0.430. The van der Waals surface area contributed by atoms with Crippen molar-refractivity contribution in [3.05, 3.63) is 17.8 Å². The van der Waals surface area contributed by atoms with Crippen molar-refractivity contribution < 1.29 is 4.52 Å². The molecule has 0 saturated heterocycles. The molecule has 0 bridgehead atoms. The van der Waals surface area contributed by atoms with Crippen LogP contribution in [0.15, 0.2) is 21.8 Å². The summed E-state index contributed by atoms with van der Waals surface area (Å²) >= 11 is 1.33. The predicted molar refractivity (Wildman–Crippen MR) is 58.4 cm³/mol. The van der Waals surface area contributed by atoms with E-state index in [-0.39, 0.29) is 5.95 Å². The van der Waals surface area contributed by atoms with E-state index in [0.717, 1.165) is 0 Å². The van der Waals surface area contributed by atoms with Gasteiger partial charge in [0.25, 0.3) is 0 Å². The van der Waals surface area contributed by atoms with Crippen LogP contribution in [-0.4, -0.2) is 21.4 Å². The molecule has 7 heteroatoms. The van der Waals surface area contributed by atoms with Crippen molar-refractivity contribution in [3.8, 4) is 17.5 Å². The Morgan fingerprint density at radius 3 is 2.88 bits per heavy atom. The standard InChI is InChI=1S/C9H7N5OS/c1-16-8-5(4-10)7(13-9(11)14-8)6-2-3-12-15-6/h2-3H,1H3,(H2,11,13,14). The molecule has 0 amide bonds. The highest BCUT2D eigenvalue weighted by Gasteiger charge is 2.16. The summed E-state index contributed by atoms with van der Waals surface area (Å²) in [6, 6.07) is 3.66. The summed E-state index contributed by atoms with van der Waals surface area (Å²) in [4.78, 5) is 7.97. The van der Waals surface area contributed by atoms with Crippen LogP contribution in [0.4, 0.5) is 5.95 Å². The van der Waals surface area contributed by atoms with Gasteiger partial charge >= 0.3 is 0 Å². The molecule has 0 spiro atoms. The molecule has 0 atom stereocenters. The number of nitrogens with two attached hydrogens (primary N) is 1. The third-order valence-electron chi connectivity index (χ3n) is 1.87. The van der Waals surface area contributed by atoms with Crippen LogP contribution in [0, 0.1) is 11.3 Å². The Labute approximate surface area is 95.5 Å². The molecule has 0 fully saturated rings. The highest BCUT2D eigenvalue weighted by molar-refractivity contribution is 7.98. The second-order valence-electron chi connectivity index (χ2n) is 2.80. The maximum absolute atomic E-state index is 9.07. The first-order chi connectivity index (χ1) is 7.76. The average Bonchev–Trinajstić information content (AvgIpc) is 2.81. The zero-order valence-corrected chi connectivity index (χ0v) is 9.15. The van der Waals surface area contributed by atoms with Crippen molar-refractivity contribution >= 4 is 17.7 Å². The summed E-state index contributed by atoms with van der Waals surface area (Å²) in [6.07, 6.45) is 3.29. The predicted octanol–water partition coefficient (Wildman–Crippen LogP) is 1.31. The molecule has 2 rings (SSSR count). The van der Waals surface area contributed by atoms with Gasteiger partial charge in [-0.3, -0.25) is 0 Å². The van der Waals surface area contributed by atoms with Crippen LogP contribution < -0.4 is 5.73 Å². The lowest BCUT2D eigenvalue weighted by atomic mass is 10.2. The number of nitriles is 1. The molecule has 0 aliphatic rings. The zero-order chi connectivity index (χ0) is 11.5. The van der Waals surface area contributed by atoms with Gasteiger partial charge in [-0.25, -0.2) is 9.97 Å². The summed E-state index contributed by atoms with van der Waals surface area (Å²) in [6.45, 7) is 0. The van der Waals surface area contributed by atoms with Crippen LogP contribution in [0.5, 0.6) is 0 Å². The highest BCUT2D eigenvalue weighted by Crippen LogP contribution is 2.27. The Hall–Kier alpha value is -2.07. The Morgan fingerprint density at radius 2 is 2.31 bits per heavy atom. The Bertz CT molecular complexity index is 546. The van der Waals surface area contributed by atoms with Gasteiger partial charge in [0.2, 0.25) is 5.95 Å². The van der Waals surface area contributed by atoms with Crippen molar-refractivity contribution in [1.82, 2.24) is 15.1 Å². The monoisotopic (exact) mass is 233 g/mol. The molecule has 0 aliphatic carbocycles. The number of nitrogen functional groups attached to an aromatic ring is 1. The van der Waals surface area contributed by atoms with E-state index in [1.165, 1.54) is 18.0 Å². The molecular formula is C9H7N5OS. The SMILES string of the molecule is CSc1nc(N)nc(-c2ccno2)c1C#N. The first kappa shape index (κ1) is 10.4. The third-order valence-corrected chi connectivity index (χ3v) is 2.55. The third kappa shape index (κ3) is 1.70. The van der Waals surface area contributed by atoms with Gasteiger partial charge in [-0.2, -0.15) is 5.26 Å². The average molecular weight is 233 g/mol. The van der Waals surface area contributed by atoms with E-state index in [1.54, 1.807) is 6.07 Å². The van der Waals surface area contributed by atoms with E-state index in [1.807, 2.05) is 12.3 Å². The number of hydrogen-bond acceptors (Lipinski definition) is 7. The molecule has 2 heterocycles. The molecule has 16 heavy (non-hydrogen) atoms. The van der Waals surface area contributed by atoms with Gasteiger partial charge in [-0.15, -0.1) is 11.8 Å². The molecule has 0 aromatic carbocycles. The largest absolute Gasteiger partial charge is 0.368 e. The van der Waals surface area contributed by atoms with E-state index >= 15 is 0 Å². The Morgan fingerprint density at radius 1 is 1.50 bits per heavy atom. The smallest absolute Gasteiger partial charge is 0.221 e. The second kappa shape index (κ2) is 4.20. The van der Waals surface area contributed by atoms with E-state index in [0.29, 0.717) is 22.0 Å². The van der Waals surface area contributed by atoms with Gasteiger partial charge in [-0.05, 0) is 6.26 Å². The summed E-state index contributed by atoms with van der Waals surface area (Å²) in [7, 11) is 0. The van der Waals surface area contributed by atoms with Crippen molar-refractivity contribution in [2.24, 2.45) is 0 Å². The van der Waals surface area contributed by atoms with Crippen LogP contribution in [0.2, 0.25) is 0 Å². The van der Waals surface area contributed by atoms with Gasteiger partial charge < -0.3 is 10.3 Å². The summed E-state index contributed by atoms with van der Waals surface area (Å²) in [5.74, 6) is 0.510. The fraction of sp³-hybridized carbons (Fsp3) is 0.111. The van der Waals surface area contributed by atoms with E-state index in [9.17, 15) is 0 Å². The lowest BCUT2D eigenvalue weighted by Crippen LogP contribution is -2.01. The van der Waals surface area contributed by atoms with Gasteiger partial charge in [0.05, 0.1) is 6.20 Å². The van der Waals surface area contributed by atoms with E-state index in [4.69, 9.17) is 15.5 Å². The van der Waals surface area contributed by atoms with Crippen LogP contribution in [-0.2, 0) is 0 Å². The number of aromatic nitrogens is 3. The van der Waals surface area contributed by atoms with Crippen molar-refractivity contribution in [2.45, 2.75) is 5.03 Å². The van der Waals surface area contributed by atoms with Crippen molar-refractivity contribution in [1.29, 1.82) is 5.26 Å². The molecule has 0 saturated carbocycles. The molecule has 0 unspecified atom stereocenters. The van der Waals surface area contributed by atoms with Gasteiger partial charge in [0, 0.05) is 6.07 Å². The summed E-state index contributed by atoms with van der Waals surface area (Å²) < 4.78 is 4.96. The minimum absolute atomic E-state index is 0.106. The second-order valence-corrected chi connectivity index (χ2v) is 3.60. The zero-order valence-electron chi connectivity index (χ0n) is 8.34. The maximum atomic E-state index is 9.07. The summed E-state index contributed by atoms with van der Waals surface area (Å²) in [5.41, 5.74) is 6.28. The quantitative estimate of drug-likeness (QED) is 0.616. The molecule has 2 aromatic heterocycles. The van der Waals surface area contributed by atoms with Gasteiger partial charge in [0.15, 0.2) is 5.76 Å². The van der Waals surface area contributed by atoms with Crippen LogP contribution in [0.25, 0.3) is 11.5 Å². The first-order valence-electron chi connectivity index (χ1n) is 4.29. The Balaban J connectivity index is 2.69. The number of thioether (sulfide) groups is 1. The fourth-order valence-electron chi connectivity index (χ4n) is 1.22. The number of rotatable bonds is 2. The fourth-order valence-corrected chi connectivity index (χ4v) is 1.75. The first-order valence-corrected chi connectivity index (χ1v) is 5.51. The Kier molecular flexibility index (Phi) is 2.74. The topological polar surface area (TPSA) is 102 Å². The van der Waals surface area contributed by atoms with Crippen LogP contribution in [0.1, 0.15) is 5.56 Å². The van der Waals surface area contributed by atoms with Gasteiger partial charge in [0.1, 0.15) is 22.4 Å². The number of anilines is 1. The molecule has 2 aromatic rings. The van der Waals surface area contributed by atoms with Gasteiger partial charge in [-0.1, -0.05) is 5.16 Å². The molecule has 0 aliphatic heterocycles. The van der Waals surface area contributed by atoms with Crippen molar-refractivity contribution in [2.75, 3.05) is 12.0 Å². The van der Waals surface area contributed by atoms with Crippen molar-refractivity contribution in [3.63, 3.8) is 0 Å². The minimum atomic E-state index is 0.106. The van der Waals surface area contributed by atoms with Crippen LogP contribution in [0.3, 0.4) is 0 Å². The number of hydrogen-bond donors (Lipinski definition) is 1. The van der Waals surface area contributed by atoms with E-state index in [2.05, 4.69) is 15.1 Å². The molecule has 0 radical (unpaired) electrons. The highest BCUT2D eigenvalue weighted by atomic mass is 32.2. The van der Waals surface area contributed by atoms with Crippen LogP contribution >= 0.6 is 11.8 Å². The maximum Gasteiger partial charge on any atom is 0.221 e. The molecular weight excluding hydrogens is 226 g/mol. The summed E-state index contributed by atoms with van der Waals surface area (Å²) in [5, 5.41) is 13.2. The molecule has 2 N–H and O–H groups in total. The van der Waals surface area contributed by atoms with E-state index < -0.39 is 0 Å².